The molecule has 0 bridgehead atoms. The van der Waals surface area contributed by atoms with Crippen LogP contribution in [0.5, 0.6) is 0 Å². The van der Waals surface area contributed by atoms with E-state index >= 15 is 0 Å². The third-order valence-electron chi connectivity index (χ3n) is 6.92. The summed E-state index contributed by atoms with van der Waals surface area (Å²) in [5.74, 6) is 0.644. The van der Waals surface area contributed by atoms with E-state index in [0.717, 1.165) is 25.9 Å². The zero-order valence-corrected chi connectivity index (χ0v) is 20.2. The average molecular weight is 528 g/mol. The Morgan fingerprint density at radius 2 is 1.86 bits per heavy atom. The second kappa shape index (κ2) is 8.74. The summed E-state index contributed by atoms with van der Waals surface area (Å²) in [6.45, 7) is 1.60. The molecular formula is C19H25N6O8PS. The first kappa shape index (κ1) is 24.5. The second-order valence-corrected chi connectivity index (χ2v) is 13.6. The Bertz CT molecular complexity index is 1330. The van der Waals surface area contributed by atoms with Gasteiger partial charge in [0.2, 0.25) is 5.82 Å². The summed E-state index contributed by atoms with van der Waals surface area (Å²) in [6.07, 6.45) is -1.11. The summed E-state index contributed by atoms with van der Waals surface area (Å²) in [5, 5.41) is 35.3. The number of sulfone groups is 1. The molecule has 0 spiro atoms. The molecule has 4 heterocycles. The number of fused-ring (bicyclic) bond motifs is 2. The van der Waals surface area contributed by atoms with Crippen molar-refractivity contribution >= 4 is 34.3 Å². The molecule has 0 aromatic carbocycles. The fourth-order valence-corrected chi connectivity index (χ4v) is 8.67. The van der Waals surface area contributed by atoms with Crippen molar-refractivity contribution in [2.45, 2.75) is 43.8 Å². The summed E-state index contributed by atoms with van der Waals surface area (Å²) in [5.41, 5.74) is -1.23. The van der Waals surface area contributed by atoms with E-state index in [1.807, 2.05) is 6.07 Å². The van der Waals surface area contributed by atoms with E-state index in [1.54, 1.807) is 0 Å². The molecule has 2 saturated heterocycles. The lowest BCUT2D eigenvalue weighted by molar-refractivity contribution is -0.0364. The molecule has 0 amide bonds. The fraction of sp³-hybridized carbons (Fsp3) is 0.684. The second-order valence-electron chi connectivity index (χ2n) is 9.42. The van der Waals surface area contributed by atoms with E-state index < -0.39 is 53.2 Å². The molecule has 16 heteroatoms. The number of hydrogen-bond donors (Lipinski definition) is 4. The van der Waals surface area contributed by atoms with Gasteiger partial charge in [0.15, 0.2) is 27.2 Å². The van der Waals surface area contributed by atoms with Gasteiger partial charge in [-0.15, -0.1) is 0 Å². The topological polar surface area (TPSA) is 212 Å². The van der Waals surface area contributed by atoms with Gasteiger partial charge in [-0.1, -0.05) is 6.42 Å². The molecule has 1 aliphatic carbocycles. The number of nitriles is 1. The minimum atomic E-state index is -4.86. The highest BCUT2D eigenvalue weighted by molar-refractivity contribution is 7.97. The number of rotatable bonds is 6. The first-order valence-corrected chi connectivity index (χ1v) is 14.7. The third-order valence-corrected chi connectivity index (χ3v) is 10.7. The van der Waals surface area contributed by atoms with Crippen LogP contribution in [0.15, 0.2) is 6.20 Å². The van der Waals surface area contributed by atoms with Crippen molar-refractivity contribution in [3.05, 3.63) is 12.0 Å². The number of aliphatic hydroxyl groups is 2. The van der Waals surface area contributed by atoms with Crippen molar-refractivity contribution < 1.29 is 37.7 Å². The largest absolute Gasteiger partial charge is 0.387 e. The first-order chi connectivity index (χ1) is 16.5. The predicted molar refractivity (Wildman–Crippen MR) is 120 cm³/mol. The van der Waals surface area contributed by atoms with Crippen LogP contribution in [0.25, 0.3) is 11.0 Å². The molecule has 0 radical (unpaired) electrons. The van der Waals surface area contributed by atoms with Gasteiger partial charge in [-0.25, -0.2) is 18.1 Å². The zero-order chi connectivity index (χ0) is 25.1. The lowest BCUT2D eigenvalue weighted by atomic mass is 10.0. The van der Waals surface area contributed by atoms with Crippen LogP contribution in [-0.2, 0) is 19.1 Å². The molecule has 2 unspecified atom stereocenters. The van der Waals surface area contributed by atoms with E-state index in [4.69, 9.17) is 14.5 Å². The quantitative estimate of drug-likeness (QED) is 0.335. The monoisotopic (exact) mass is 528 g/mol. The zero-order valence-electron chi connectivity index (χ0n) is 18.5. The van der Waals surface area contributed by atoms with E-state index in [2.05, 4.69) is 20.0 Å². The first-order valence-electron chi connectivity index (χ1n) is 11.1. The van der Waals surface area contributed by atoms with Gasteiger partial charge in [-0.05, 0) is 24.7 Å². The molecule has 2 aromatic heterocycles. The molecule has 3 aliphatic rings. The van der Waals surface area contributed by atoms with Gasteiger partial charge in [0.1, 0.15) is 30.2 Å². The highest BCUT2D eigenvalue weighted by Gasteiger charge is 2.47. The van der Waals surface area contributed by atoms with Gasteiger partial charge in [0, 0.05) is 13.1 Å². The summed E-state index contributed by atoms with van der Waals surface area (Å²) in [6, 6.07) is 1.93. The molecule has 3 fully saturated rings. The Morgan fingerprint density at radius 3 is 2.49 bits per heavy atom. The lowest BCUT2D eigenvalue weighted by Crippen LogP contribution is -2.36. The summed E-state index contributed by atoms with van der Waals surface area (Å²) in [4.78, 5) is 28.7. The fourth-order valence-electron chi connectivity index (χ4n) is 5.42. The van der Waals surface area contributed by atoms with Gasteiger partial charge in [-0.3, -0.25) is 4.57 Å². The van der Waals surface area contributed by atoms with Gasteiger partial charge >= 0.3 is 7.60 Å². The van der Waals surface area contributed by atoms with Crippen LogP contribution in [0, 0.1) is 23.2 Å². The maximum absolute atomic E-state index is 12.2. The van der Waals surface area contributed by atoms with Crippen LogP contribution >= 0.6 is 7.60 Å². The van der Waals surface area contributed by atoms with Crippen molar-refractivity contribution in [3.8, 4) is 6.07 Å². The number of aliphatic hydroxyl groups excluding tert-OH is 2. The van der Waals surface area contributed by atoms with Crippen molar-refractivity contribution in [2.75, 3.05) is 29.2 Å². The number of anilines is 1. The molecule has 4 N–H and O–H groups in total. The number of hydrogen-bond acceptors (Lipinski definition) is 11. The Balaban J connectivity index is 1.45. The van der Waals surface area contributed by atoms with Crippen LogP contribution in [0.2, 0.25) is 0 Å². The maximum Gasteiger partial charge on any atom is 0.340 e. The van der Waals surface area contributed by atoms with E-state index in [-0.39, 0.29) is 11.5 Å². The Kier molecular flexibility index (Phi) is 6.12. The van der Waals surface area contributed by atoms with Crippen molar-refractivity contribution in [1.29, 1.82) is 5.26 Å². The molecule has 5 rings (SSSR count). The molecule has 190 valence electrons. The summed E-state index contributed by atoms with van der Waals surface area (Å²) in [7, 11) is -9.18. The Labute approximate surface area is 200 Å². The molecule has 2 aliphatic heterocycles. The van der Waals surface area contributed by atoms with Gasteiger partial charge in [-0.2, -0.15) is 15.3 Å². The molecular weight excluding hydrogens is 503 g/mol. The Morgan fingerprint density at radius 1 is 1.17 bits per heavy atom. The molecule has 1 saturated carbocycles. The van der Waals surface area contributed by atoms with E-state index in [0.29, 0.717) is 23.0 Å². The molecule has 6 atom stereocenters. The number of ether oxygens (including phenoxy) is 1. The predicted octanol–water partition coefficient (Wildman–Crippen LogP) is -0.897. The third kappa shape index (κ3) is 4.67. The highest BCUT2D eigenvalue weighted by atomic mass is 32.2. The van der Waals surface area contributed by atoms with Crippen molar-refractivity contribution in [2.24, 2.45) is 11.8 Å². The lowest BCUT2D eigenvalue weighted by Gasteiger charge is -2.20. The average Bonchev–Trinajstić information content (AvgIpc) is 3.51. The standard InChI is InChI=1S/C19H25N6O8PS/c20-4-14-22-17(24-6-10-2-1-3-11(10)7-24)12-5-21-25(18(12)23-14)19-16(27)15(26)13(33-19)8-35(31,32)9-34(28,29)30/h5,10-11,13,15-16,19,26-27H,1-3,6-9H2,(H2,28,29,30)/t10?,11?,13-,15-,16-,19-/m1/s1. The molecule has 14 nitrogen and oxygen atoms in total. The molecule has 2 aromatic rings. The smallest absolute Gasteiger partial charge is 0.340 e. The van der Waals surface area contributed by atoms with Crippen LogP contribution in [0.3, 0.4) is 0 Å². The normalized spacial score (nSPS) is 31.2. The SMILES string of the molecule is N#Cc1nc(N2CC3CCCC3C2)c2cnn([C@@H]3O[C@H](CS(=O)(=O)CP(=O)(O)O)[C@@H](O)[C@H]3O)c2n1. The maximum atomic E-state index is 12.2. The summed E-state index contributed by atoms with van der Waals surface area (Å²) >= 11 is 0. The van der Waals surface area contributed by atoms with Crippen LogP contribution < -0.4 is 4.90 Å². The van der Waals surface area contributed by atoms with Crippen molar-refractivity contribution in [1.82, 2.24) is 19.7 Å². The van der Waals surface area contributed by atoms with Gasteiger partial charge < -0.3 is 29.6 Å². The minimum Gasteiger partial charge on any atom is -0.387 e. The van der Waals surface area contributed by atoms with E-state index in [1.165, 1.54) is 17.3 Å². The van der Waals surface area contributed by atoms with Gasteiger partial charge in [0.05, 0.1) is 17.3 Å². The van der Waals surface area contributed by atoms with Crippen LogP contribution in [0.4, 0.5) is 5.82 Å². The number of aromatic nitrogens is 4. The highest BCUT2D eigenvalue weighted by Crippen LogP contribution is 2.41. The van der Waals surface area contributed by atoms with E-state index in [9.17, 15) is 28.5 Å². The number of nitrogens with zero attached hydrogens (tertiary/aromatic N) is 6. The molecule has 35 heavy (non-hydrogen) atoms. The van der Waals surface area contributed by atoms with Crippen LogP contribution in [0.1, 0.15) is 31.3 Å². The van der Waals surface area contributed by atoms with Gasteiger partial charge in [0.25, 0.3) is 0 Å². The van der Waals surface area contributed by atoms with Crippen LogP contribution in [-0.4, -0.2) is 90.8 Å². The minimum absolute atomic E-state index is 0.111. The summed E-state index contributed by atoms with van der Waals surface area (Å²) < 4.78 is 42.2. The van der Waals surface area contributed by atoms with Crippen molar-refractivity contribution in [3.63, 3.8) is 0 Å². The Hall–Kier alpha value is -2.18.